The molecule has 4 aromatic carbocycles. The predicted octanol–water partition coefficient (Wildman–Crippen LogP) is 5.75. The molecule has 0 aliphatic rings. The third-order valence-corrected chi connectivity index (χ3v) is 8.69. The highest BCUT2D eigenvalue weighted by molar-refractivity contribution is 7.92. The molecule has 2 amide bonds. The Hall–Kier alpha value is -4.43. The lowest BCUT2D eigenvalue weighted by Crippen LogP contribution is -2.56. The van der Waals surface area contributed by atoms with Crippen LogP contribution in [-0.2, 0) is 32.6 Å². The van der Waals surface area contributed by atoms with E-state index in [1.165, 1.54) is 17.0 Å². The quantitative estimate of drug-likeness (QED) is 0.239. The Kier molecular flexibility index (Phi) is 10.0. The maximum absolute atomic E-state index is 14.4. The molecule has 8 heteroatoms. The molecule has 0 heterocycles. The van der Waals surface area contributed by atoms with Gasteiger partial charge in [0.1, 0.15) is 12.6 Å². The highest BCUT2D eigenvalue weighted by Gasteiger charge is 2.35. The van der Waals surface area contributed by atoms with Gasteiger partial charge in [0.05, 0.1) is 10.6 Å². The maximum Gasteiger partial charge on any atom is 0.264 e. The van der Waals surface area contributed by atoms with Crippen molar-refractivity contribution in [3.05, 3.63) is 132 Å². The normalized spacial score (nSPS) is 12.3. The van der Waals surface area contributed by atoms with Crippen molar-refractivity contribution in [3.8, 4) is 0 Å². The van der Waals surface area contributed by atoms with E-state index in [-0.39, 0.29) is 23.8 Å². The van der Waals surface area contributed by atoms with E-state index in [0.717, 1.165) is 21.0 Å². The van der Waals surface area contributed by atoms with Crippen LogP contribution in [0.2, 0.25) is 0 Å². The van der Waals surface area contributed by atoms with Crippen molar-refractivity contribution in [2.75, 3.05) is 10.8 Å². The topological polar surface area (TPSA) is 86.8 Å². The Morgan fingerprint density at radius 3 is 1.79 bits per heavy atom. The van der Waals surface area contributed by atoms with E-state index in [0.29, 0.717) is 5.69 Å². The van der Waals surface area contributed by atoms with Gasteiger partial charge in [-0.1, -0.05) is 96.6 Å². The van der Waals surface area contributed by atoms with Gasteiger partial charge >= 0.3 is 0 Å². The molecule has 0 fully saturated rings. The molecule has 7 nitrogen and oxygen atoms in total. The van der Waals surface area contributed by atoms with Crippen LogP contribution in [0.5, 0.6) is 0 Å². The van der Waals surface area contributed by atoms with Crippen LogP contribution in [0.4, 0.5) is 5.69 Å². The largest absolute Gasteiger partial charge is 0.350 e. The lowest BCUT2D eigenvalue weighted by molar-refractivity contribution is -0.140. The van der Waals surface area contributed by atoms with Gasteiger partial charge in [0.25, 0.3) is 10.0 Å². The zero-order valence-corrected chi connectivity index (χ0v) is 25.9. The van der Waals surface area contributed by atoms with E-state index in [1.54, 1.807) is 30.3 Å². The number of amides is 2. The summed E-state index contributed by atoms with van der Waals surface area (Å²) in [6.07, 6.45) is 0.261. The van der Waals surface area contributed by atoms with Gasteiger partial charge in [-0.2, -0.15) is 0 Å². The second-order valence-electron chi connectivity index (χ2n) is 11.6. The first-order chi connectivity index (χ1) is 20.4. The fourth-order valence-electron chi connectivity index (χ4n) is 4.75. The first kappa shape index (κ1) is 31.5. The third-order valence-electron chi connectivity index (χ3n) is 6.90. The summed E-state index contributed by atoms with van der Waals surface area (Å²) < 4.78 is 29.1. The number of aryl methyl sites for hydroxylation is 1. The van der Waals surface area contributed by atoms with Gasteiger partial charge < -0.3 is 10.2 Å². The minimum Gasteiger partial charge on any atom is -0.350 e. The molecule has 4 rings (SSSR count). The minimum absolute atomic E-state index is 0.0734. The summed E-state index contributed by atoms with van der Waals surface area (Å²) >= 11 is 0. The van der Waals surface area contributed by atoms with Gasteiger partial charge in [0.15, 0.2) is 0 Å². The first-order valence-electron chi connectivity index (χ1n) is 14.3. The first-order valence-corrected chi connectivity index (χ1v) is 15.7. The molecule has 0 spiro atoms. The van der Waals surface area contributed by atoms with Crippen LogP contribution in [-0.4, -0.2) is 43.3 Å². The van der Waals surface area contributed by atoms with Crippen LogP contribution >= 0.6 is 0 Å². The van der Waals surface area contributed by atoms with E-state index in [1.807, 2.05) is 100 Å². The fourth-order valence-corrected chi connectivity index (χ4v) is 6.18. The maximum atomic E-state index is 14.4. The number of nitrogens with zero attached hydrogens (tertiary/aromatic N) is 2. The van der Waals surface area contributed by atoms with Crippen molar-refractivity contribution in [1.29, 1.82) is 0 Å². The molecule has 0 saturated carbocycles. The van der Waals surface area contributed by atoms with E-state index in [4.69, 9.17) is 0 Å². The molecular formula is C35H39N3O4S. The minimum atomic E-state index is -4.12. The van der Waals surface area contributed by atoms with E-state index in [9.17, 15) is 18.0 Å². The summed E-state index contributed by atoms with van der Waals surface area (Å²) in [5.74, 6) is -0.803. The molecule has 224 valence electrons. The van der Waals surface area contributed by atoms with Crippen LogP contribution < -0.4 is 9.62 Å². The highest BCUT2D eigenvalue weighted by atomic mass is 32.2. The zero-order chi connectivity index (χ0) is 31.0. The van der Waals surface area contributed by atoms with Crippen molar-refractivity contribution in [3.63, 3.8) is 0 Å². The number of hydrogen-bond donors (Lipinski definition) is 1. The Bertz CT molecular complexity index is 1600. The van der Waals surface area contributed by atoms with E-state index in [2.05, 4.69) is 5.32 Å². The van der Waals surface area contributed by atoms with Crippen LogP contribution in [0.25, 0.3) is 0 Å². The number of sulfonamides is 1. The lowest BCUT2D eigenvalue weighted by atomic mass is 10.0. The summed E-state index contributed by atoms with van der Waals surface area (Å²) in [4.78, 5) is 29.9. The Morgan fingerprint density at radius 2 is 1.26 bits per heavy atom. The molecule has 0 bridgehead atoms. The molecule has 0 aromatic heterocycles. The van der Waals surface area contributed by atoms with Crippen molar-refractivity contribution >= 4 is 27.5 Å². The van der Waals surface area contributed by atoms with Gasteiger partial charge in [-0.25, -0.2) is 8.42 Å². The van der Waals surface area contributed by atoms with Gasteiger partial charge in [-0.3, -0.25) is 13.9 Å². The highest BCUT2D eigenvalue weighted by Crippen LogP contribution is 2.25. The van der Waals surface area contributed by atoms with Crippen LogP contribution in [0, 0.1) is 6.92 Å². The average molecular weight is 598 g/mol. The predicted molar refractivity (Wildman–Crippen MR) is 171 cm³/mol. The number of carbonyl (C=O) groups excluding carboxylic acids is 2. The average Bonchev–Trinajstić information content (AvgIpc) is 2.98. The van der Waals surface area contributed by atoms with Crippen LogP contribution in [0.15, 0.2) is 120 Å². The van der Waals surface area contributed by atoms with Crippen molar-refractivity contribution < 1.29 is 18.0 Å². The summed E-state index contributed by atoms with van der Waals surface area (Å²) in [5.41, 5.74) is 2.48. The molecule has 4 aromatic rings. The Labute approximate surface area is 255 Å². The van der Waals surface area contributed by atoms with E-state index >= 15 is 0 Å². The lowest BCUT2D eigenvalue weighted by Gasteiger charge is -2.35. The summed E-state index contributed by atoms with van der Waals surface area (Å²) in [6.45, 7) is 7.22. The third kappa shape index (κ3) is 8.55. The Morgan fingerprint density at radius 1 is 0.744 bits per heavy atom. The molecule has 1 N–H and O–H groups in total. The van der Waals surface area contributed by atoms with Crippen LogP contribution in [0.3, 0.4) is 0 Å². The summed E-state index contributed by atoms with van der Waals surface area (Å²) in [6, 6.07) is 33.1. The second-order valence-corrected chi connectivity index (χ2v) is 13.5. The standard InChI is InChI=1S/C35H39N3O4S/c1-27-20-22-30(23-21-27)38(43(41,42)31-18-12-7-13-19-31)26-33(39)37(25-29-16-10-6-11-17-29)32(34(40)36-35(2,3)4)24-28-14-8-5-9-15-28/h5-23,32H,24-26H2,1-4H3,(H,36,40)/t32-/m0/s1. The number of rotatable bonds is 11. The fraction of sp³-hybridized carbons (Fsp3) is 0.257. The molecule has 1 atom stereocenters. The van der Waals surface area contributed by atoms with Crippen molar-refractivity contribution in [2.45, 2.75) is 57.1 Å². The number of carbonyl (C=O) groups is 2. The molecule has 0 aliphatic heterocycles. The summed E-state index contributed by atoms with van der Waals surface area (Å²) in [5, 5.41) is 3.04. The molecule has 0 radical (unpaired) electrons. The van der Waals surface area contributed by atoms with Gasteiger partial charge in [0.2, 0.25) is 11.8 Å². The SMILES string of the molecule is Cc1ccc(N(CC(=O)N(Cc2ccccc2)[C@@H](Cc2ccccc2)C(=O)NC(C)(C)C)S(=O)(=O)c2ccccc2)cc1. The van der Waals surface area contributed by atoms with Gasteiger partial charge in [0, 0.05) is 18.5 Å². The number of benzene rings is 4. The van der Waals surface area contributed by atoms with Crippen LogP contribution in [0.1, 0.15) is 37.5 Å². The van der Waals surface area contributed by atoms with Gasteiger partial charge in [-0.15, -0.1) is 0 Å². The second kappa shape index (κ2) is 13.7. The number of nitrogens with one attached hydrogen (secondary N) is 1. The molecule has 0 aliphatic carbocycles. The van der Waals surface area contributed by atoms with Gasteiger partial charge in [-0.05, 0) is 63.1 Å². The smallest absolute Gasteiger partial charge is 0.264 e. The monoisotopic (exact) mass is 597 g/mol. The molecule has 0 unspecified atom stereocenters. The number of hydrogen-bond acceptors (Lipinski definition) is 4. The molecule has 0 saturated heterocycles. The Balaban J connectivity index is 1.79. The van der Waals surface area contributed by atoms with Crippen molar-refractivity contribution in [2.24, 2.45) is 0 Å². The van der Waals surface area contributed by atoms with Crippen molar-refractivity contribution in [1.82, 2.24) is 10.2 Å². The number of anilines is 1. The molecule has 43 heavy (non-hydrogen) atoms. The van der Waals surface area contributed by atoms with E-state index < -0.39 is 34.1 Å². The molecular weight excluding hydrogens is 558 g/mol. The zero-order valence-electron chi connectivity index (χ0n) is 25.1. The summed E-state index contributed by atoms with van der Waals surface area (Å²) in [7, 11) is -4.12.